The first-order valence-electron chi connectivity index (χ1n) is 6.84. The van der Waals surface area contributed by atoms with Crippen LogP contribution in [-0.2, 0) is 9.53 Å². The number of allylic oxidation sites excluding steroid dienone is 3. The van der Waals surface area contributed by atoms with Crippen LogP contribution in [-0.4, -0.2) is 23.3 Å². The molecule has 0 aliphatic rings. The highest BCUT2D eigenvalue weighted by atomic mass is 32.1. The van der Waals surface area contributed by atoms with Crippen molar-refractivity contribution in [3.8, 4) is 11.8 Å². The van der Waals surface area contributed by atoms with Gasteiger partial charge in [-0.1, -0.05) is 30.6 Å². The Labute approximate surface area is 135 Å². The van der Waals surface area contributed by atoms with Gasteiger partial charge >= 0.3 is 5.97 Å². The molecule has 1 heterocycles. The maximum absolute atomic E-state index is 11.3. The number of hydrogen-bond acceptors (Lipinski definition) is 4. The average molecular weight is 316 g/mol. The smallest absolute Gasteiger partial charge is 0.308 e. The summed E-state index contributed by atoms with van der Waals surface area (Å²) in [4.78, 5) is 13.4. The lowest BCUT2D eigenvalue weighted by Gasteiger charge is -2.14. The lowest BCUT2D eigenvalue weighted by Crippen LogP contribution is -2.24. The van der Waals surface area contributed by atoms with Gasteiger partial charge in [0, 0.05) is 4.88 Å². The van der Waals surface area contributed by atoms with Crippen molar-refractivity contribution in [1.29, 1.82) is 0 Å². The fourth-order valence-electron chi connectivity index (χ4n) is 1.44. The van der Waals surface area contributed by atoms with Crippen LogP contribution in [0.2, 0.25) is 0 Å². The summed E-state index contributed by atoms with van der Waals surface area (Å²) in [5.74, 6) is 5.47. The first-order valence-corrected chi connectivity index (χ1v) is 7.66. The summed E-state index contributed by atoms with van der Waals surface area (Å²) >= 11 is 1.59. The van der Waals surface area contributed by atoms with E-state index in [9.17, 15) is 9.90 Å². The molecule has 1 N–H and O–H groups in total. The standard InChI is InChI=1S/C18H20O3S/c1-4-5-9-15-11-12-16(22-15)10-7-6-8-13-21-17(19)14-18(2,3)20/h4-6,8-9,11-12,20H,1,13-14H2,2-3H3. The Morgan fingerprint density at radius 1 is 1.50 bits per heavy atom. The Hall–Kier alpha value is -2.09. The Balaban J connectivity index is 2.37. The van der Waals surface area contributed by atoms with Gasteiger partial charge in [-0.2, -0.15) is 0 Å². The van der Waals surface area contributed by atoms with Crippen molar-refractivity contribution in [1.82, 2.24) is 0 Å². The maximum Gasteiger partial charge on any atom is 0.308 e. The SMILES string of the molecule is C=CC=Cc1ccc(C#CC=CCOC(=O)CC(C)(C)O)s1. The van der Waals surface area contributed by atoms with Crippen LogP contribution in [0, 0.1) is 11.8 Å². The molecular weight excluding hydrogens is 296 g/mol. The van der Waals surface area contributed by atoms with Gasteiger partial charge in [-0.3, -0.25) is 4.79 Å². The summed E-state index contributed by atoms with van der Waals surface area (Å²) in [5.41, 5.74) is -1.04. The van der Waals surface area contributed by atoms with E-state index in [4.69, 9.17) is 4.74 Å². The molecule has 4 heteroatoms. The van der Waals surface area contributed by atoms with Gasteiger partial charge in [-0.05, 0) is 44.2 Å². The van der Waals surface area contributed by atoms with Crippen molar-refractivity contribution in [2.75, 3.05) is 6.61 Å². The van der Waals surface area contributed by atoms with Crippen LogP contribution < -0.4 is 0 Å². The van der Waals surface area contributed by atoms with Crippen LogP contribution in [0.25, 0.3) is 6.08 Å². The highest BCUT2D eigenvalue weighted by Gasteiger charge is 2.18. The minimum atomic E-state index is -1.04. The Bertz CT molecular complexity index is 619. The summed E-state index contributed by atoms with van der Waals surface area (Å²) in [6.07, 6.45) is 8.87. The zero-order valence-corrected chi connectivity index (χ0v) is 13.7. The molecule has 0 bridgehead atoms. The largest absolute Gasteiger partial charge is 0.461 e. The Morgan fingerprint density at radius 2 is 2.27 bits per heavy atom. The van der Waals surface area contributed by atoms with Gasteiger partial charge in [-0.25, -0.2) is 0 Å². The van der Waals surface area contributed by atoms with Gasteiger partial charge in [0.15, 0.2) is 0 Å². The predicted octanol–water partition coefficient (Wildman–Crippen LogP) is 3.56. The number of ether oxygens (including phenoxy) is 1. The molecule has 0 spiro atoms. The van der Waals surface area contributed by atoms with E-state index in [1.54, 1.807) is 43.4 Å². The minimum Gasteiger partial charge on any atom is -0.461 e. The van der Waals surface area contributed by atoms with Gasteiger partial charge in [-0.15, -0.1) is 11.3 Å². The van der Waals surface area contributed by atoms with Crippen LogP contribution >= 0.6 is 11.3 Å². The fourth-order valence-corrected chi connectivity index (χ4v) is 2.22. The number of thiophene rings is 1. The van der Waals surface area contributed by atoms with Crippen molar-refractivity contribution in [2.24, 2.45) is 0 Å². The van der Waals surface area contributed by atoms with Gasteiger partial charge in [0.1, 0.15) is 6.61 Å². The molecule has 1 rings (SSSR count). The third-order valence-corrected chi connectivity index (χ3v) is 3.30. The lowest BCUT2D eigenvalue weighted by atomic mass is 10.1. The Kier molecular flexibility index (Phi) is 7.38. The normalized spacial score (nSPS) is 11.4. The summed E-state index contributed by atoms with van der Waals surface area (Å²) < 4.78 is 4.95. The molecule has 1 aromatic rings. The molecule has 0 atom stereocenters. The summed E-state index contributed by atoms with van der Waals surface area (Å²) in [6, 6.07) is 3.95. The molecule has 22 heavy (non-hydrogen) atoms. The molecule has 0 unspecified atom stereocenters. The van der Waals surface area contributed by atoms with Gasteiger partial charge in [0.25, 0.3) is 0 Å². The summed E-state index contributed by atoms with van der Waals surface area (Å²) in [5, 5.41) is 9.46. The van der Waals surface area contributed by atoms with E-state index in [1.807, 2.05) is 24.3 Å². The molecule has 0 radical (unpaired) electrons. The number of rotatable bonds is 6. The van der Waals surface area contributed by atoms with Crippen LogP contribution in [0.4, 0.5) is 0 Å². The molecule has 0 saturated heterocycles. The number of esters is 1. The molecule has 0 aliphatic heterocycles. The van der Waals surface area contributed by atoms with E-state index in [1.165, 1.54) is 0 Å². The van der Waals surface area contributed by atoms with Crippen molar-refractivity contribution in [2.45, 2.75) is 25.9 Å². The number of aliphatic hydroxyl groups is 1. The number of hydrogen-bond donors (Lipinski definition) is 1. The third-order valence-electron chi connectivity index (χ3n) is 2.34. The zero-order valence-electron chi connectivity index (χ0n) is 12.8. The molecule has 0 fully saturated rings. The highest BCUT2D eigenvalue weighted by molar-refractivity contribution is 7.13. The zero-order chi connectivity index (χ0) is 16.4. The van der Waals surface area contributed by atoms with Crippen LogP contribution in [0.3, 0.4) is 0 Å². The lowest BCUT2D eigenvalue weighted by molar-refractivity contribution is -0.146. The van der Waals surface area contributed by atoms with Crippen LogP contribution in [0.15, 0.2) is 43.0 Å². The fraction of sp³-hybridized carbons (Fsp3) is 0.278. The molecule has 0 aromatic carbocycles. The first kappa shape index (κ1) is 18.0. The third kappa shape index (κ3) is 8.25. The second-order valence-electron chi connectivity index (χ2n) is 5.14. The maximum atomic E-state index is 11.3. The second-order valence-corrected chi connectivity index (χ2v) is 6.26. The first-order chi connectivity index (χ1) is 10.4. The van der Waals surface area contributed by atoms with Gasteiger partial charge in [0.05, 0.1) is 16.9 Å². The molecule has 0 amide bonds. The second kappa shape index (κ2) is 9.04. The van der Waals surface area contributed by atoms with E-state index in [2.05, 4.69) is 18.4 Å². The van der Waals surface area contributed by atoms with E-state index in [0.29, 0.717) is 0 Å². The van der Waals surface area contributed by atoms with E-state index in [-0.39, 0.29) is 13.0 Å². The number of carbonyl (C=O) groups excluding carboxylic acids is 1. The topological polar surface area (TPSA) is 46.5 Å². The van der Waals surface area contributed by atoms with Crippen LogP contribution in [0.5, 0.6) is 0 Å². The van der Waals surface area contributed by atoms with Gasteiger partial charge in [0.2, 0.25) is 0 Å². The van der Waals surface area contributed by atoms with E-state index >= 15 is 0 Å². The molecule has 3 nitrogen and oxygen atoms in total. The molecule has 116 valence electrons. The molecule has 0 aliphatic carbocycles. The predicted molar refractivity (Wildman–Crippen MR) is 91.4 cm³/mol. The molecule has 0 saturated carbocycles. The monoisotopic (exact) mass is 316 g/mol. The average Bonchev–Trinajstić information content (AvgIpc) is 2.86. The molecular formula is C18H20O3S. The minimum absolute atomic E-state index is 0.0251. The van der Waals surface area contributed by atoms with Crippen molar-refractivity contribution in [3.05, 3.63) is 52.8 Å². The van der Waals surface area contributed by atoms with Crippen molar-refractivity contribution in [3.63, 3.8) is 0 Å². The van der Waals surface area contributed by atoms with E-state index < -0.39 is 11.6 Å². The highest BCUT2D eigenvalue weighted by Crippen LogP contribution is 2.16. The summed E-state index contributed by atoms with van der Waals surface area (Å²) in [7, 11) is 0. The Morgan fingerprint density at radius 3 is 2.95 bits per heavy atom. The number of carbonyl (C=O) groups is 1. The van der Waals surface area contributed by atoms with Crippen molar-refractivity contribution >= 4 is 23.4 Å². The van der Waals surface area contributed by atoms with Crippen LogP contribution in [0.1, 0.15) is 30.0 Å². The van der Waals surface area contributed by atoms with E-state index in [0.717, 1.165) is 9.75 Å². The molecule has 1 aromatic heterocycles. The van der Waals surface area contributed by atoms with Crippen molar-refractivity contribution < 1.29 is 14.6 Å². The quantitative estimate of drug-likeness (QED) is 0.496. The summed E-state index contributed by atoms with van der Waals surface area (Å²) in [6.45, 7) is 6.91. The van der Waals surface area contributed by atoms with Gasteiger partial charge < -0.3 is 9.84 Å².